The first kappa shape index (κ1) is 30.9. The number of halogens is 8. The van der Waals surface area contributed by atoms with Gasteiger partial charge in [-0.05, 0) is 18.2 Å². The van der Waals surface area contributed by atoms with E-state index in [4.69, 9.17) is 4.74 Å². The Hall–Kier alpha value is -4.51. The largest absolute Gasteiger partial charge is 0.486 e. The number of hydrogen-bond acceptors (Lipinski definition) is 9. The quantitative estimate of drug-likeness (QED) is 0.352. The average Bonchev–Trinajstić information content (AvgIpc) is 2.99. The summed E-state index contributed by atoms with van der Waals surface area (Å²) in [4.78, 5) is 25.1. The van der Waals surface area contributed by atoms with Crippen molar-refractivity contribution in [3.8, 4) is 11.6 Å². The van der Waals surface area contributed by atoms with Crippen molar-refractivity contribution in [2.75, 3.05) is 49.6 Å². The molecule has 1 unspecified atom stereocenters. The number of ether oxygens (including phenoxy) is 2. The van der Waals surface area contributed by atoms with E-state index in [-0.39, 0.29) is 68.3 Å². The topological polar surface area (TPSA) is 96.8 Å². The van der Waals surface area contributed by atoms with E-state index in [0.717, 1.165) is 19.2 Å². The summed E-state index contributed by atoms with van der Waals surface area (Å²) in [7, 11) is 0.996. The van der Waals surface area contributed by atoms with Gasteiger partial charge in [-0.25, -0.2) is 18.7 Å². The fourth-order valence-electron chi connectivity index (χ4n) is 4.79. The summed E-state index contributed by atoms with van der Waals surface area (Å²) in [5, 5.41) is 7.32. The van der Waals surface area contributed by atoms with Crippen LogP contribution in [0.25, 0.3) is 0 Å². The maximum Gasteiger partial charge on any atom is 0.421 e. The molecule has 1 amide bonds. The number of benzene rings is 1. The zero-order chi connectivity index (χ0) is 31.8. The minimum absolute atomic E-state index is 0.0178. The second kappa shape index (κ2) is 11.9. The molecule has 0 spiro atoms. The maximum absolute atomic E-state index is 13.7. The Balaban J connectivity index is 1.32. The summed E-state index contributed by atoms with van der Waals surface area (Å²) in [5.41, 5.74) is -2.60. The van der Waals surface area contributed by atoms with Gasteiger partial charge in [-0.2, -0.15) is 26.3 Å². The molecule has 1 saturated heterocycles. The predicted octanol–water partition coefficient (Wildman–Crippen LogP) is 4.89. The molecule has 0 aliphatic carbocycles. The van der Waals surface area contributed by atoms with Crippen molar-refractivity contribution in [1.82, 2.24) is 25.1 Å². The fraction of sp³-hybridized carbons (Fsp3) is 0.423. The molecule has 2 aliphatic rings. The van der Waals surface area contributed by atoms with Crippen LogP contribution in [0.5, 0.6) is 11.6 Å². The number of rotatable bonds is 6. The molecule has 10 nitrogen and oxygen atoms in total. The summed E-state index contributed by atoms with van der Waals surface area (Å²) in [6, 6.07) is 4.09. The van der Waals surface area contributed by atoms with E-state index >= 15 is 0 Å². The number of carbonyl (C=O) groups excluding carboxylic acids is 1. The highest BCUT2D eigenvalue weighted by molar-refractivity contribution is 5.78. The highest BCUT2D eigenvalue weighted by atomic mass is 19.4. The molecule has 0 N–H and O–H groups in total. The van der Waals surface area contributed by atoms with Crippen LogP contribution in [-0.4, -0.2) is 76.9 Å². The van der Waals surface area contributed by atoms with Crippen LogP contribution in [0.2, 0.25) is 0 Å². The number of alkyl halides is 8. The van der Waals surface area contributed by atoms with Crippen LogP contribution in [0.15, 0.2) is 36.7 Å². The molecule has 0 radical (unpaired) electrons. The second-order valence-corrected chi connectivity index (χ2v) is 9.84. The number of nitrogens with zero attached hydrogens (tertiary/aromatic N) is 7. The number of piperazine rings is 1. The third-order valence-electron chi connectivity index (χ3n) is 7.01. The molecule has 4 heterocycles. The van der Waals surface area contributed by atoms with Gasteiger partial charge >= 0.3 is 12.4 Å². The number of amides is 1. The van der Waals surface area contributed by atoms with Crippen LogP contribution >= 0.6 is 0 Å². The van der Waals surface area contributed by atoms with Gasteiger partial charge in [0.1, 0.15) is 17.4 Å². The molecule has 0 bridgehead atoms. The van der Waals surface area contributed by atoms with Gasteiger partial charge in [0, 0.05) is 50.2 Å². The van der Waals surface area contributed by atoms with Crippen molar-refractivity contribution < 1.29 is 49.4 Å². The zero-order valence-corrected chi connectivity index (χ0v) is 22.7. The molecule has 0 saturated carbocycles. The lowest BCUT2D eigenvalue weighted by Gasteiger charge is -2.38. The van der Waals surface area contributed by atoms with Crippen molar-refractivity contribution in [2.24, 2.45) is 0 Å². The molecule has 44 heavy (non-hydrogen) atoms. The standard InChI is InChI=1S/C26H23F8N7O3/c1-43-23-17(26(32,33)34)10-20(37-38-23)41-13-16(44-19-3-2-14(22(27)28)8-18(19)41)9-21(42)39-4-6-40(7-5-39)24-35-11-15(12-36-24)25(29,30)31/h2-3,8,10-12,16,22H,4-7,9,13H2,1H3. The van der Waals surface area contributed by atoms with E-state index in [2.05, 4.69) is 24.9 Å². The SMILES string of the molecule is COc1nnc(N2CC(CC(=O)N3CCN(c4ncc(C(F)(F)F)cn4)CC3)Oc3ccc(C(F)F)cc32)cc1C(F)(F)F. The third-order valence-corrected chi connectivity index (χ3v) is 7.01. The van der Waals surface area contributed by atoms with Crippen molar-refractivity contribution in [3.05, 3.63) is 53.3 Å². The molecular formula is C26H23F8N7O3. The Morgan fingerprint density at radius 1 is 1.00 bits per heavy atom. The first-order valence-corrected chi connectivity index (χ1v) is 13.0. The van der Waals surface area contributed by atoms with Gasteiger partial charge in [0.15, 0.2) is 5.82 Å². The van der Waals surface area contributed by atoms with E-state index in [0.29, 0.717) is 18.5 Å². The molecule has 5 rings (SSSR count). The number of fused-ring (bicyclic) bond motifs is 1. The summed E-state index contributed by atoms with van der Waals surface area (Å²) in [5.74, 6) is -1.34. The van der Waals surface area contributed by atoms with Crippen LogP contribution in [0.4, 0.5) is 52.6 Å². The number of carbonyl (C=O) groups is 1. The minimum Gasteiger partial charge on any atom is -0.486 e. The van der Waals surface area contributed by atoms with E-state index in [1.54, 1.807) is 4.90 Å². The first-order chi connectivity index (χ1) is 20.7. The number of aromatic nitrogens is 4. The monoisotopic (exact) mass is 633 g/mol. The number of anilines is 3. The summed E-state index contributed by atoms with van der Waals surface area (Å²) < 4.78 is 117. The van der Waals surface area contributed by atoms with Gasteiger partial charge in [-0.3, -0.25) is 4.79 Å². The molecule has 236 valence electrons. The molecule has 1 aromatic carbocycles. The minimum atomic E-state index is -4.86. The number of methoxy groups -OCH3 is 1. The van der Waals surface area contributed by atoms with Crippen LogP contribution < -0.4 is 19.3 Å². The Bertz CT molecular complexity index is 1500. The zero-order valence-electron chi connectivity index (χ0n) is 22.7. The average molecular weight is 634 g/mol. The predicted molar refractivity (Wildman–Crippen MR) is 137 cm³/mol. The van der Waals surface area contributed by atoms with E-state index in [9.17, 15) is 39.9 Å². The lowest BCUT2D eigenvalue weighted by molar-refractivity contribution is -0.139. The Kier molecular flexibility index (Phi) is 8.35. The lowest BCUT2D eigenvalue weighted by Crippen LogP contribution is -2.51. The molecule has 1 atom stereocenters. The smallest absolute Gasteiger partial charge is 0.421 e. The Labute approximate surface area is 244 Å². The van der Waals surface area contributed by atoms with Crippen LogP contribution in [0, 0.1) is 0 Å². The van der Waals surface area contributed by atoms with Gasteiger partial charge in [0.2, 0.25) is 17.7 Å². The van der Waals surface area contributed by atoms with E-state index < -0.39 is 47.5 Å². The molecule has 2 aliphatic heterocycles. The van der Waals surface area contributed by atoms with E-state index in [1.807, 2.05) is 0 Å². The lowest BCUT2D eigenvalue weighted by atomic mass is 10.1. The van der Waals surface area contributed by atoms with Crippen molar-refractivity contribution in [2.45, 2.75) is 31.3 Å². The Morgan fingerprint density at radius 2 is 1.68 bits per heavy atom. The first-order valence-electron chi connectivity index (χ1n) is 13.0. The van der Waals surface area contributed by atoms with Crippen LogP contribution in [-0.2, 0) is 17.1 Å². The number of hydrogen-bond donors (Lipinski definition) is 0. The normalized spacial score (nSPS) is 17.4. The van der Waals surface area contributed by atoms with Gasteiger partial charge in [-0.15, -0.1) is 10.2 Å². The highest BCUT2D eigenvalue weighted by Crippen LogP contribution is 2.43. The van der Waals surface area contributed by atoms with Gasteiger partial charge in [0.05, 0.1) is 31.3 Å². The van der Waals surface area contributed by atoms with Crippen LogP contribution in [0.3, 0.4) is 0 Å². The fourth-order valence-corrected chi connectivity index (χ4v) is 4.79. The third kappa shape index (κ3) is 6.52. The molecular weight excluding hydrogens is 610 g/mol. The van der Waals surface area contributed by atoms with Crippen molar-refractivity contribution in [3.63, 3.8) is 0 Å². The van der Waals surface area contributed by atoms with Crippen molar-refractivity contribution >= 4 is 23.4 Å². The molecule has 3 aromatic rings. The van der Waals surface area contributed by atoms with Crippen molar-refractivity contribution in [1.29, 1.82) is 0 Å². The van der Waals surface area contributed by atoms with Gasteiger partial charge in [-0.1, -0.05) is 0 Å². The van der Waals surface area contributed by atoms with Gasteiger partial charge in [0.25, 0.3) is 6.43 Å². The summed E-state index contributed by atoms with van der Waals surface area (Å²) in [6.07, 6.45) is -12.1. The summed E-state index contributed by atoms with van der Waals surface area (Å²) >= 11 is 0. The molecule has 2 aromatic heterocycles. The molecule has 18 heteroatoms. The van der Waals surface area contributed by atoms with Gasteiger partial charge < -0.3 is 24.2 Å². The van der Waals surface area contributed by atoms with E-state index in [1.165, 1.54) is 15.9 Å². The summed E-state index contributed by atoms with van der Waals surface area (Å²) in [6.45, 7) is 0.619. The second-order valence-electron chi connectivity index (χ2n) is 9.84. The van der Waals surface area contributed by atoms with Crippen LogP contribution in [0.1, 0.15) is 29.5 Å². The Morgan fingerprint density at radius 3 is 2.27 bits per heavy atom. The maximum atomic E-state index is 13.7. The highest BCUT2D eigenvalue weighted by Gasteiger charge is 2.38. The molecule has 1 fully saturated rings.